The van der Waals surface area contributed by atoms with Crippen LogP contribution >= 0.6 is 0 Å². The minimum Gasteiger partial charge on any atom is -0.493 e. The number of oxazole rings is 1. The van der Waals surface area contributed by atoms with Gasteiger partial charge in [-0.1, -0.05) is 0 Å². The standard InChI is InChI=1S/C14H19N3O2/c1-10-8-11-13(12(9-10)18-3)19-14(15-11)17-6-4-16(2)5-7-17/h8-9H,4-7H2,1-3H3. The highest BCUT2D eigenvalue weighted by Crippen LogP contribution is 2.31. The summed E-state index contributed by atoms with van der Waals surface area (Å²) in [6.45, 7) is 6.01. The molecule has 0 N–H and O–H groups in total. The highest BCUT2D eigenvalue weighted by molar-refractivity contribution is 5.82. The van der Waals surface area contributed by atoms with Crippen molar-refractivity contribution in [2.45, 2.75) is 6.92 Å². The summed E-state index contributed by atoms with van der Waals surface area (Å²) in [5.41, 5.74) is 2.73. The Labute approximate surface area is 112 Å². The highest BCUT2D eigenvalue weighted by atomic mass is 16.5. The second-order valence-corrected chi connectivity index (χ2v) is 5.10. The van der Waals surface area contributed by atoms with Gasteiger partial charge < -0.3 is 19.0 Å². The maximum atomic E-state index is 5.89. The molecule has 1 aliphatic rings. The van der Waals surface area contributed by atoms with Crippen molar-refractivity contribution in [3.8, 4) is 5.75 Å². The molecule has 1 aliphatic heterocycles. The van der Waals surface area contributed by atoms with Gasteiger partial charge in [0.15, 0.2) is 11.3 Å². The summed E-state index contributed by atoms with van der Waals surface area (Å²) >= 11 is 0. The smallest absolute Gasteiger partial charge is 0.298 e. The van der Waals surface area contributed by atoms with E-state index in [1.165, 1.54) is 0 Å². The fraction of sp³-hybridized carbons (Fsp3) is 0.500. The molecular formula is C14H19N3O2. The first-order chi connectivity index (χ1) is 9.17. The first-order valence-electron chi connectivity index (χ1n) is 6.56. The van der Waals surface area contributed by atoms with E-state index in [1.807, 2.05) is 19.1 Å². The van der Waals surface area contributed by atoms with Gasteiger partial charge in [-0.05, 0) is 31.7 Å². The number of rotatable bonds is 2. The third-order valence-electron chi connectivity index (χ3n) is 3.58. The Morgan fingerprint density at radius 3 is 2.63 bits per heavy atom. The Kier molecular flexibility index (Phi) is 3.06. The molecule has 0 aliphatic carbocycles. The molecule has 0 amide bonds. The second-order valence-electron chi connectivity index (χ2n) is 5.10. The van der Waals surface area contributed by atoms with E-state index in [2.05, 4.69) is 21.8 Å². The third kappa shape index (κ3) is 2.26. The summed E-state index contributed by atoms with van der Waals surface area (Å²) in [4.78, 5) is 9.09. The van der Waals surface area contributed by atoms with Crippen LogP contribution in [0.15, 0.2) is 16.5 Å². The monoisotopic (exact) mass is 261 g/mol. The summed E-state index contributed by atoms with van der Waals surface area (Å²) in [7, 11) is 3.79. The van der Waals surface area contributed by atoms with E-state index in [0.717, 1.165) is 48.6 Å². The number of methoxy groups -OCH3 is 1. The summed E-state index contributed by atoms with van der Waals surface area (Å²) in [6.07, 6.45) is 0. The zero-order chi connectivity index (χ0) is 13.4. The van der Waals surface area contributed by atoms with Gasteiger partial charge in [-0.2, -0.15) is 4.98 Å². The van der Waals surface area contributed by atoms with Crippen molar-refractivity contribution in [2.24, 2.45) is 0 Å². The fourth-order valence-corrected chi connectivity index (χ4v) is 2.41. The number of hydrogen-bond donors (Lipinski definition) is 0. The Bertz CT molecular complexity index is 586. The number of aromatic nitrogens is 1. The lowest BCUT2D eigenvalue weighted by Gasteiger charge is -2.31. The van der Waals surface area contributed by atoms with Crippen molar-refractivity contribution in [3.63, 3.8) is 0 Å². The van der Waals surface area contributed by atoms with E-state index < -0.39 is 0 Å². The first-order valence-corrected chi connectivity index (χ1v) is 6.56. The molecule has 19 heavy (non-hydrogen) atoms. The summed E-state index contributed by atoms with van der Waals surface area (Å²) < 4.78 is 11.3. The maximum absolute atomic E-state index is 5.89. The molecule has 5 nitrogen and oxygen atoms in total. The van der Waals surface area contributed by atoms with Gasteiger partial charge >= 0.3 is 0 Å². The van der Waals surface area contributed by atoms with Gasteiger partial charge in [-0.15, -0.1) is 0 Å². The number of benzene rings is 1. The molecule has 2 heterocycles. The molecule has 1 saturated heterocycles. The lowest BCUT2D eigenvalue weighted by molar-refractivity contribution is 0.305. The number of anilines is 1. The van der Waals surface area contributed by atoms with E-state index in [9.17, 15) is 0 Å². The van der Waals surface area contributed by atoms with Gasteiger partial charge in [0.25, 0.3) is 6.01 Å². The predicted molar refractivity (Wildman–Crippen MR) is 75.0 cm³/mol. The van der Waals surface area contributed by atoms with Crippen LogP contribution in [0.1, 0.15) is 5.56 Å². The molecule has 0 unspecified atom stereocenters. The van der Waals surface area contributed by atoms with Gasteiger partial charge in [-0.3, -0.25) is 0 Å². The molecule has 0 spiro atoms. The average Bonchev–Trinajstić information content (AvgIpc) is 2.82. The van der Waals surface area contributed by atoms with Gasteiger partial charge in [-0.25, -0.2) is 0 Å². The minimum absolute atomic E-state index is 0.701. The van der Waals surface area contributed by atoms with Crippen LogP contribution < -0.4 is 9.64 Å². The normalized spacial score (nSPS) is 17.1. The Hall–Kier alpha value is -1.75. The highest BCUT2D eigenvalue weighted by Gasteiger charge is 2.20. The van der Waals surface area contributed by atoms with Crippen LogP contribution in [0.4, 0.5) is 6.01 Å². The molecule has 5 heteroatoms. The number of piperazine rings is 1. The SMILES string of the molecule is COc1cc(C)cc2nc(N3CCN(C)CC3)oc12. The molecule has 0 bridgehead atoms. The first kappa shape index (κ1) is 12.3. The fourth-order valence-electron chi connectivity index (χ4n) is 2.41. The maximum Gasteiger partial charge on any atom is 0.298 e. The zero-order valence-corrected chi connectivity index (χ0v) is 11.6. The van der Waals surface area contributed by atoms with Gasteiger partial charge in [0, 0.05) is 26.2 Å². The van der Waals surface area contributed by atoms with Crippen molar-refractivity contribution >= 4 is 17.1 Å². The lowest BCUT2D eigenvalue weighted by Crippen LogP contribution is -2.44. The van der Waals surface area contributed by atoms with E-state index >= 15 is 0 Å². The number of nitrogens with zero attached hydrogens (tertiary/aromatic N) is 3. The molecule has 1 fully saturated rings. The minimum atomic E-state index is 0.701. The summed E-state index contributed by atoms with van der Waals surface area (Å²) in [5, 5.41) is 0. The molecule has 0 atom stereocenters. The predicted octanol–water partition coefficient (Wildman–Crippen LogP) is 1.90. The van der Waals surface area contributed by atoms with E-state index in [0.29, 0.717) is 6.01 Å². The lowest BCUT2D eigenvalue weighted by atomic mass is 10.2. The molecule has 1 aromatic carbocycles. The quantitative estimate of drug-likeness (QED) is 0.826. The number of likely N-dealkylation sites (N-methyl/N-ethyl adjacent to an activating group) is 1. The average molecular weight is 261 g/mol. The van der Waals surface area contributed by atoms with Crippen LogP contribution in [0.2, 0.25) is 0 Å². The molecular weight excluding hydrogens is 242 g/mol. The van der Waals surface area contributed by atoms with E-state index in [1.54, 1.807) is 7.11 Å². The Balaban J connectivity index is 1.97. The number of ether oxygens (including phenoxy) is 1. The number of hydrogen-bond acceptors (Lipinski definition) is 5. The van der Waals surface area contributed by atoms with Crippen LogP contribution in [0.25, 0.3) is 11.1 Å². The molecule has 0 saturated carbocycles. The Morgan fingerprint density at radius 1 is 1.21 bits per heavy atom. The van der Waals surface area contributed by atoms with Crippen LogP contribution in [0, 0.1) is 6.92 Å². The van der Waals surface area contributed by atoms with E-state index in [-0.39, 0.29) is 0 Å². The van der Waals surface area contributed by atoms with Crippen LogP contribution in [0.5, 0.6) is 5.75 Å². The molecule has 1 aromatic heterocycles. The number of fused-ring (bicyclic) bond motifs is 1. The molecule has 3 rings (SSSR count). The van der Waals surface area contributed by atoms with Crippen molar-refractivity contribution < 1.29 is 9.15 Å². The van der Waals surface area contributed by atoms with Crippen LogP contribution in [0.3, 0.4) is 0 Å². The zero-order valence-electron chi connectivity index (χ0n) is 11.6. The van der Waals surface area contributed by atoms with Crippen molar-refractivity contribution in [2.75, 3.05) is 45.2 Å². The second kappa shape index (κ2) is 4.74. The molecule has 2 aromatic rings. The molecule has 102 valence electrons. The number of aryl methyl sites for hydroxylation is 1. The molecule has 0 radical (unpaired) electrons. The van der Waals surface area contributed by atoms with E-state index in [4.69, 9.17) is 9.15 Å². The summed E-state index contributed by atoms with van der Waals surface area (Å²) in [5.74, 6) is 0.753. The van der Waals surface area contributed by atoms with Crippen LogP contribution in [-0.2, 0) is 0 Å². The largest absolute Gasteiger partial charge is 0.493 e. The van der Waals surface area contributed by atoms with Gasteiger partial charge in [0.2, 0.25) is 0 Å². The summed E-state index contributed by atoms with van der Waals surface area (Å²) in [6, 6.07) is 4.70. The van der Waals surface area contributed by atoms with Gasteiger partial charge in [0.05, 0.1) is 7.11 Å². The topological polar surface area (TPSA) is 41.7 Å². The van der Waals surface area contributed by atoms with Crippen molar-refractivity contribution in [1.29, 1.82) is 0 Å². The van der Waals surface area contributed by atoms with Gasteiger partial charge in [0.1, 0.15) is 5.52 Å². The van der Waals surface area contributed by atoms with Crippen LogP contribution in [-0.4, -0.2) is 50.2 Å². The van der Waals surface area contributed by atoms with Crippen molar-refractivity contribution in [1.82, 2.24) is 9.88 Å². The Morgan fingerprint density at radius 2 is 1.95 bits per heavy atom. The van der Waals surface area contributed by atoms with Crippen molar-refractivity contribution in [3.05, 3.63) is 17.7 Å². The third-order valence-corrected chi connectivity index (χ3v) is 3.58.